The lowest BCUT2D eigenvalue weighted by Gasteiger charge is -2.21. The fraction of sp³-hybridized carbons (Fsp3) is 0.952. The van der Waals surface area contributed by atoms with Crippen LogP contribution >= 0.6 is 15.6 Å². The van der Waals surface area contributed by atoms with E-state index in [1.807, 2.05) is 0 Å². The van der Waals surface area contributed by atoms with Gasteiger partial charge in [0.25, 0.3) is 0 Å². The smallest absolute Gasteiger partial charge is 0.462 e. The number of ether oxygens (including phenoxy) is 4. The maximum atomic E-state index is 13.1. The number of carbonyl (C=O) groups excluding carboxylic acids is 4. The van der Waals surface area contributed by atoms with E-state index < -0.39 is 97.5 Å². The van der Waals surface area contributed by atoms with Crippen molar-refractivity contribution in [2.24, 2.45) is 5.92 Å². The SMILES string of the molecule is CCCCCCCCCCCCCCCCCCCCC(=O)OC[C@H](COP(=O)(O)OC[C@@H](O)COP(=O)(O)OC[C@@H](COC(=O)CCCCCCCCC)OC(=O)CCCCCCCCCCCCCCCCCCCC)OC(=O)CCCCCCCCCCCCCCCCCCC(C)C. The molecule has 0 aromatic rings. The van der Waals surface area contributed by atoms with E-state index in [-0.39, 0.29) is 25.7 Å². The maximum Gasteiger partial charge on any atom is 0.472 e. The first kappa shape index (κ1) is 100. The summed E-state index contributed by atoms with van der Waals surface area (Å²) in [4.78, 5) is 73.0. The van der Waals surface area contributed by atoms with Crippen molar-refractivity contribution in [2.75, 3.05) is 39.6 Å². The molecule has 0 bridgehead atoms. The molecular weight excluding hydrogens is 1330 g/mol. The van der Waals surface area contributed by atoms with E-state index in [2.05, 4.69) is 34.6 Å². The van der Waals surface area contributed by atoms with E-state index in [1.54, 1.807) is 0 Å². The summed E-state index contributed by atoms with van der Waals surface area (Å²) in [7, 11) is -9.92. The van der Waals surface area contributed by atoms with Gasteiger partial charge in [-0.25, -0.2) is 9.13 Å². The first-order valence-corrected chi connectivity index (χ1v) is 46.1. The van der Waals surface area contributed by atoms with Crippen molar-refractivity contribution in [3.8, 4) is 0 Å². The first-order valence-electron chi connectivity index (χ1n) is 43.1. The van der Waals surface area contributed by atoms with Crippen LogP contribution in [0.25, 0.3) is 0 Å². The molecule has 17 nitrogen and oxygen atoms in total. The van der Waals surface area contributed by atoms with Crippen LogP contribution in [0.1, 0.15) is 446 Å². The van der Waals surface area contributed by atoms with E-state index in [0.717, 1.165) is 109 Å². The zero-order valence-corrected chi connectivity index (χ0v) is 68.5. The van der Waals surface area contributed by atoms with Gasteiger partial charge in [0.05, 0.1) is 26.4 Å². The Bertz CT molecular complexity index is 1940. The van der Waals surface area contributed by atoms with E-state index in [1.165, 1.54) is 257 Å². The van der Waals surface area contributed by atoms with Crippen molar-refractivity contribution in [3.05, 3.63) is 0 Å². The van der Waals surface area contributed by atoms with Crippen molar-refractivity contribution in [3.63, 3.8) is 0 Å². The minimum absolute atomic E-state index is 0.109. The molecular formula is C83H162O17P2. The standard InChI is InChI=1S/C83H162O17P2/c1-6-9-12-15-18-20-22-24-26-28-30-35-39-43-47-52-57-62-67-81(86)94-73-79(100-83(88)69-64-59-54-49-45-41-37-33-32-34-38-42-46-51-55-60-65-76(4)5)75-98-102(91,92)96-71-77(84)70-95-101(89,90)97-74-78(72-93-80(85)66-61-56-50-17-14-11-8-3)99-82(87)68-63-58-53-48-44-40-36-31-29-27-25-23-21-19-16-13-10-7-2/h76-79,84H,6-75H2,1-5H3,(H,89,90)(H,91,92)/t77-,78+,79+/m0/s1. The van der Waals surface area contributed by atoms with Crippen molar-refractivity contribution in [2.45, 2.75) is 464 Å². The van der Waals surface area contributed by atoms with E-state index >= 15 is 0 Å². The summed E-state index contributed by atoms with van der Waals surface area (Å²) in [5.74, 6) is -1.30. The predicted molar refractivity (Wildman–Crippen MR) is 418 cm³/mol. The summed E-state index contributed by atoms with van der Waals surface area (Å²) in [6.07, 6.45) is 68.2. The topological polar surface area (TPSA) is 237 Å². The second kappa shape index (κ2) is 75.9. The van der Waals surface area contributed by atoms with Gasteiger partial charge in [0.2, 0.25) is 0 Å². The lowest BCUT2D eigenvalue weighted by molar-refractivity contribution is -0.161. The molecule has 102 heavy (non-hydrogen) atoms. The molecule has 0 heterocycles. The van der Waals surface area contributed by atoms with Gasteiger partial charge in [-0.2, -0.15) is 0 Å². The normalized spacial score (nSPS) is 13.8. The van der Waals surface area contributed by atoms with Crippen molar-refractivity contribution < 1.29 is 80.2 Å². The number of unbranched alkanes of at least 4 members (excludes halogenated alkanes) is 55. The van der Waals surface area contributed by atoms with Crippen molar-refractivity contribution in [1.82, 2.24) is 0 Å². The van der Waals surface area contributed by atoms with Gasteiger partial charge < -0.3 is 33.8 Å². The molecule has 606 valence electrons. The van der Waals surface area contributed by atoms with Crippen LogP contribution in [0, 0.1) is 5.92 Å². The summed E-state index contributed by atoms with van der Waals surface area (Å²) in [5.41, 5.74) is 0. The molecule has 0 spiro atoms. The molecule has 3 N–H and O–H groups in total. The molecule has 0 aliphatic rings. The first-order chi connectivity index (χ1) is 49.5. The molecule has 19 heteroatoms. The molecule has 2 unspecified atom stereocenters. The summed E-state index contributed by atoms with van der Waals surface area (Å²) < 4.78 is 68.7. The van der Waals surface area contributed by atoms with Gasteiger partial charge in [0.15, 0.2) is 12.2 Å². The summed E-state index contributed by atoms with van der Waals surface area (Å²) in [5, 5.41) is 10.6. The van der Waals surface area contributed by atoms with Gasteiger partial charge in [-0.05, 0) is 31.6 Å². The van der Waals surface area contributed by atoms with Crippen LogP contribution < -0.4 is 0 Å². The number of hydrogen-bond acceptors (Lipinski definition) is 15. The Morgan fingerprint density at radius 3 is 0.667 bits per heavy atom. The van der Waals surface area contributed by atoms with Crippen LogP contribution in [0.2, 0.25) is 0 Å². The monoisotopic (exact) mass is 1490 g/mol. The molecule has 0 aliphatic carbocycles. The molecule has 0 saturated heterocycles. The number of phosphoric ester groups is 2. The van der Waals surface area contributed by atoms with Crippen LogP contribution in [0.15, 0.2) is 0 Å². The van der Waals surface area contributed by atoms with E-state index in [9.17, 15) is 43.2 Å². The third-order valence-electron chi connectivity index (χ3n) is 19.5. The fourth-order valence-corrected chi connectivity index (χ4v) is 14.5. The molecule has 0 fully saturated rings. The lowest BCUT2D eigenvalue weighted by Crippen LogP contribution is -2.30. The average Bonchev–Trinajstić information content (AvgIpc) is 0.907. The quantitative estimate of drug-likeness (QED) is 0.0222. The van der Waals surface area contributed by atoms with Gasteiger partial charge in [-0.3, -0.25) is 37.3 Å². The van der Waals surface area contributed by atoms with Crippen LogP contribution in [-0.4, -0.2) is 96.7 Å². The number of esters is 4. The molecule has 0 aliphatic heterocycles. The number of phosphoric acid groups is 2. The largest absolute Gasteiger partial charge is 0.472 e. The van der Waals surface area contributed by atoms with E-state index in [4.69, 9.17) is 37.0 Å². The molecule has 0 amide bonds. The highest BCUT2D eigenvalue weighted by atomic mass is 31.2. The van der Waals surface area contributed by atoms with Gasteiger partial charge in [0.1, 0.15) is 19.3 Å². The van der Waals surface area contributed by atoms with Gasteiger partial charge in [0, 0.05) is 25.7 Å². The van der Waals surface area contributed by atoms with Crippen molar-refractivity contribution >= 4 is 39.5 Å². The number of rotatable bonds is 83. The highest BCUT2D eigenvalue weighted by Gasteiger charge is 2.30. The Morgan fingerprint density at radius 1 is 0.265 bits per heavy atom. The molecule has 0 radical (unpaired) electrons. The zero-order chi connectivity index (χ0) is 74.8. The van der Waals surface area contributed by atoms with Gasteiger partial charge in [-0.1, -0.05) is 394 Å². The Labute approximate surface area is 626 Å². The maximum absolute atomic E-state index is 13.1. The number of hydrogen-bond donors (Lipinski definition) is 3. The number of aliphatic hydroxyl groups excluding tert-OH is 1. The molecule has 5 atom stereocenters. The van der Waals surface area contributed by atoms with Crippen LogP contribution in [0.3, 0.4) is 0 Å². The van der Waals surface area contributed by atoms with Crippen molar-refractivity contribution in [1.29, 1.82) is 0 Å². The van der Waals surface area contributed by atoms with E-state index in [0.29, 0.717) is 25.7 Å². The zero-order valence-electron chi connectivity index (χ0n) is 66.8. The average molecular weight is 1490 g/mol. The van der Waals surface area contributed by atoms with Crippen LogP contribution in [0.5, 0.6) is 0 Å². The molecule has 0 aromatic heterocycles. The molecule has 0 rings (SSSR count). The summed E-state index contributed by atoms with van der Waals surface area (Å²) in [6.45, 7) is 7.34. The Hall–Kier alpha value is -1.94. The number of carbonyl (C=O) groups is 4. The second-order valence-corrected chi connectivity index (χ2v) is 33.3. The minimum atomic E-state index is -4.96. The predicted octanol–water partition coefficient (Wildman–Crippen LogP) is 25.2. The molecule has 0 saturated carbocycles. The summed E-state index contributed by atoms with van der Waals surface area (Å²) in [6, 6.07) is 0. The van der Waals surface area contributed by atoms with Crippen LogP contribution in [0.4, 0.5) is 0 Å². The van der Waals surface area contributed by atoms with Gasteiger partial charge in [-0.15, -0.1) is 0 Å². The highest BCUT2D eigenvalue weighted by Crippen LogP contribution is 2.45. The van der Waals surface area contributed by atoms with Crippen LogP contribution in [-0.2, 0) is 65.4 Å². The third kappa shape index (κ3) is 76.3. The lowest BCUT2D eigenvalue weighted by atomic mass is 10.0. The fourth-order valence-electron chi connectivity index (χ4n) is 12.9. The van der Waals surface area contributed by atoms with Gasteiger partial charge >= 0.3 is 39.5 Å². The highest BCUT2D eigenvalue weighted by molar-refractivity contribution is 7.47. The minimum Gasteiger partial charge on any atom is -0.462 e. The Kier molecular flexibility index (Phi) is 74.4. The Morgan fingerprint density at radius 2 is 0.451 bits per heavy atom. The molecule has 0 aromatic carbocycles. The summed E-state index contributed by atoms with van der Waals surface area (Å²) >= 11 is 0. The Balaban J connectivity index is 5.16. The number of aliphatic hydroxyl groups is 1. The third-order valence-corrected chi connectivity index (χ3v) is 21.4. The second-order valence-electron chi connectivity index (χ2n) is 30.3.